The van der Waals surface area contributed by atoms with Crippen molar-refractivity contribution in [3.63, 3.8) is 0 Å². The lowest BCUT2D eigenvalue weighted by Gasteiger charge is -2.21. The van der Waals surface area contributed by atoms with Gasteiger partial charge in [-0.05, 0) is 119 Å². The van der Waals surface area contributed by atoms with E-state index in [0.29, 0.717) is 0 Å². The third-order valence-electron chi connectivity index (χ3n) is 7.38. The zero-order valence-corrected chi connectivity index (χ0v) is 30.3. The molecular formula is C43H62N2O. The summed E-state index contributed by atoms with van der Waals surface area (Å²) < 4.78 is 0. The largest absolute Gasteiger partial charge is 0.372 e. The van der Waals surface area contributed by atoms with Crippen LogP contribution in [0.4, 0.5) is 5.69 Å². The van der Waals surface area contributed by atoms with Crippen LogP contribution in [0.15, 0.2) is 92.5 Å². The Hall–Kier alpha value is -4.09. The molecule has 4 rings (SSSR count). The fourth-order valence-corrected chi connectivity index (χ4v) is 4.83. The van der Waals surface area contributed by atoms with Crippen LogP contribution in [-0.2, 0) is 11.2 Å². The van der Waals surface area contributed by atoms with Crippen LogP contribution < -0.4 is 10.6 Å². The molecule has 0 radical (unpaired) electrons. The van der Waals surface area contributed by atoms with Crippen molar-refractivity contribution in [1.29, 1.82) is 0 Å². The zero-order valence-electron chi connectivity index (χ0n) is 30.3. The molecule has 1 fully saturated rings. The van der Waals surface area contributed by atoms with Gasteiger partial charge in [-0.15, -0.1) is 19.6 Å². The molecular weight excluding hydrogens is 560 g/mol. The number of aryl methyl sites for hydroxylation is 3. The van der Waals surface area contributed by atoms with Crippen LogP contribution in [-0.4, -0.2) is 19.7 Å². The van der Waals surface area contributed by atoms with Gasteiger partial charge in [-0.2, -0.15) is 0 Å². The van der Waals surface area contributed by atoms with Crippen LogP contribution in [0.2, 0.25) is 0 Å². The van der Waals surface area contributed by atoms with E-state index in [2.05, 4.69) is 144 Å². The van der Waals surface area contributed by atoms with Crippen LogP contribution in [0.1, 0.15) is 112 Å². The van der Waals surface area contributed by atoms with Crippen molar-refractivity contribution in [3.8, 4) is 12.3 Å². The summed E-state index contributed by atoms with van der Waals surface area (Å²) in [4.78, 5) is 8.57. The number of benzene rings is 3. The number of hydrogen-bond donors (Lipinski definition) is 2. The van der Waals surface area contributed by atoms with Gasteiger partial charge in [0.05, 0.1) is 6.67 Å². The summed E-state index contributed by atoms with van der Waals surface area (Å²) in [7, 11) is 1.93. The second kappa shape index (κ2) is 29.6. The third-order valence-corrected chi connectivity index (χ3v) is 7.38. The summed E-state index contributed by atoms with van der Waals surface area (Å²) in [6.07, 6.45) is 16.8. The lowest BCUT2D eigenvalue weighted by Crippen LogP contribution is -2.16. The highest BCUT2D eigenvalue weighted by Crippen LogP contribution is 2.32. The molecule has 0 unspecified atom stereocenters. The van der Waals surface area contributed by atoms with Crippen LogP contribution in [0.3, 0.4) is 0 Å². The van der Waals surface area contributed by atoms with Gasteiger partial charge in [0, 0.05) is 11.3 Å². The fraction of sp³-hybridized carbons (Fsp3) is 0.395. The first-order chi connectivity index (χ1) is 22.3. The molecule has 1 saturated carbocycles. The van der Waals surface area contributed by atoms with E-state index < -0.39 is 0 Å². The summed E-state index contributed by atoms with van der Waals surface area (Å²) in [5.74, 6) is 4.69. The molecule has 0 amide bonds. The maximum Gasteiger partial charge on any atom is 0.116 e. The predicted molar refractivity (Wildman–Crippen MR) is 207 cm³/mol. The van der Waals surface area contributed by atoms with Crippen molar-refractivity contribution < 1.29 is 4.79 Å². The second-order valence-corrected chi connectivity index (χ2v) is 10.7. The Balaban J connectivity index is 0. The maximum atomic E-state index is 8.57. The van der Waals surface area contributed by atoms with Crippen molar-refractivity contribution in [2.24, 2.45) is 0 Å². The van der Waals surface area contributed by atoms with Gasteiger partial charge in [-0.25, -0.2) is 4.79 Å². The molecule has 3 nitrogen and oxygen atoms in total. The van der Waals surface area contributed by atoms with Gasteiger partial charge in [-0.1, -0.05) is 106 Å². The van der Waals surface area contributed by atoms with Crippen molar-refractivity contribution in [1.82, 2.24) is 5.32 Å². The van der Waals surface area contributed by atoms with E-state index in [-0.39, 0.29) is 0 Å². The smallest absolute Gasteiger partial charge is 0.116 e. The average Bonchev–Trinajstić information content (AvgIpc) is 3.12. The van der Waals surface area contributed by atoms with E-state index in [1.54, 1.807) is 0 Å². The van der Waals surface area contributed by atoms with E-state index in [9.17, 15) is 0 Å². The zero-order chi connectivity index (χ0) is 35.2. The van der Waals surface area contributed by atoms with Gasteiger partial charge in [0.15, 0.2) is 0 Å². The molecule has 2 N–H and O–H groups in total. The minimum absolute atomic E-state index is 0.788. The monoisotopic (exact) mass is 622 g/mol. The molecule has 0 aromatic heterocycles. The molecule has 3 heteroatoms. The number of terminal acetylenes is 1. The Bertz CT molecular complexity index is 1270. The van der Waals surface area contributed by atoms with Gasteiger partial charge in [0.25, 0.3) is 0 Å². The van der Waals surface area contributed by atoms with Crippen molar-refractivity contribution in [3.05, 3.63) is 126 Å². The van der Waals surface area contributed by atoms with Gasteiger partial charge >= 0.3 is 0 Å². The normalized spacial score (nSPS) is 11.7. The molecule has 1 aliphatic carbocycles. The molecule has 0 bridgehead atoms. The molecule has 0 spiro atoms. The predicted octanol–water partition coefficient (Wildman–Crippen LogP) is 11.5. The number of allylic oxidation sites excluding steroid dienone is 2. The van der Waals surface area contributed by atoms with Crippen LogP contribution in [0, 0.1) is 26.2 Å². The molecule has 46 heavy (non-hydrogen) atoms. The maximum absolute atomic E-state index is 8.57. The van der Waals surface area contributed by atoms with Gasteiger partial charge in [0.2, 0.25) is 0 Å². The Labute approximate surface area is 283 Å². The third kappa shape index (κ3) is 19.3. The van der Waals surface area contributed by atoms with Gasteiger partial charge < -0.3 is 10.6 Å². The number of rotatable bonds is 7. The summed E-state index contributed by atoms with van der Waals surface area (Å²) in [5.41, 5.74) is 10.4. The highest BCUT2D eigenvalue weighted by atomic mass is 16.1. The first kappa shape index (κ1) is 44.0. The minimum atomic E-state index is 0.788. The SMILES string of the molecule is C#Cc1ccc(C2CCCCC2)cc1.C=C.C=C=O.CC.CC=C(C)c1cc(NCNC)ccc1C.CCCc1ccc(C)cc1. The number of nitrogens with one attached hydrogen (secondary N) is 2. The summed E-state index contributed by atoms with van der Waals surface area (Å²) in [5, 5.41) is 6.37. The fourth-order valence-electron chi connectivity index (χ4n) is 4.83. The molecule has 0 atom stereocenters. The molecule has 3 aromatic carbocycles. The Morgan fingerprint density at radius 2 is 1.52 bits per heavy atom. The molecule has 3 aromatic rings. The minimum Gasteiger partial charge on any atom is -0.372 e. The van der Waals surface area contributed by atoms with E-state index in [1.165, 1.54) is 84.3 Å². The second-order valence-electron chi connectivity index (χ2n) is 10.7. The van der Waals surface area contributed by atoms with Crippen molar-refractivity contribution in [2.45, 2.75) is 99.3 Å². The summed E-state index contributed by atoms with van der Waals surface area (Å²) >= 11 is 0. The van der Waals surface area contributed by atoms with Crippen molar-refractivity contribution >= 4 is 17.2 Å². The average molecular weight is 623 g/mol. The van der Waals surface area contributed by atoms with Crippen LogP contribution in [0.25, 0.3) is 5.57 Å². The molecule has 250 valence electrons. The Kier molecular flexibility index (Phi) is 28.3. The van der Waals surface area contributed by atoms with Gasteiger partial charge in [-0.3, -0.25) is 0 Å². The first-order valence-corrected chi connectivity index (χ1v) is 16.7. The lowest BCUT2D eigenvalue weighted by atomic mass is 9.84. The molecule has 0 saturated heterocycles. The standard InChI is InChI=1S/C14H16.C13H20N2.C10H14.C2H2O.C2H6.C2H4/c1-2-12-8-10-14(11-9-12)13-6-4-3-5-7-13;1-5-10(2)13-8-12(15-9-14-4)7-6-11(13)3;1-3-4-10-7-5-9(2)6-8-10;1-2-3;2*1-2/h1,8-11,13H,3-7H2;5-8,14-15H,9H2,1-4H3;5-8H,3-4H2,1-2H3;1H2;1-2H3;1-2H2. The molecule has 1 aliphatic rings. The summed E-state index contributed by atoms with van der Waals surface area (Å²) in [6.45, 7) is 24.2. The Morgan fingerprint density at radius 3 is 2.00 bits per heavy atom. The van der Waals surface area contributed by atoms with E-state index in [1.807, 2.05) is 20.9 Å². The number of carbonyl (C=O) groups excluding carboxylic acids is 1. The number of hydrogen-bond acceptors (Lipinski definition) is 3. The number of anilines is 1. The first-order valence-electron chi connectivity index (χ1n) is 16.7. The van der Waals surface area contributed by atoms with Crippen LogP contribution >= 0.6 is 0 Å². The Morgan fingerprint density at radius 1 is 0.957 bits per heavy atom. The quantitative estimate of drug-likeness (QED) is 0.119. The highest BCUT2D eigenvalue weighted by Gasteiger charge is 2.14. The molecule has 0 heterocycles. The van der Waals surface area contributed by atoms with E-state index >= 15 is 0 Å². The lowest BCUT2D eigenvalue weighted by molar-refractivity contribution is 0.443. The highest BCUT2D eigenvalue weighted by molar-refractivity contribution is 5.69. The van der Waals surface area contributed by atoms with E-state index in [4.69, 9.17) is 11.2 Å². The van der Waals surface area contributed by atoms with E-state index in [0.717, 1.165) is 23.8 Å². The van der Waals surface area contributed by atoms with Crippen molar-refractivity contribution in [2.75, 3.05) is 19.0 Å². The summed E-state index contributed by atoms with van der Waals surface area (Å²) in [6, 6.07) is 23.7. The van der Waals surface area contributed by atoms with Crippen LogP contribution in [0.5, 0.6) is 0 Å². The van der Waals surface area contributed by atoms with Gasteiger partial charge in [0.1, 0.15) is 5.94 Å². The molecule has 0 aliphatic heterocycles. The topological polar surface area (TPSA) is 41.1 Å².